The number of rotatable bonds is 5. The van der Waals surface area contributed by atoms with Crippen LogP contribution in [0.3, 0.4) is 0 Å². The Balaban J connectivity index is 2.15. The Labute approximate surface area is 106 Å². The molecule has 0 bridgehead atoms. The van der Waals surface area contributed by atoms with Crippen LogP contribution in [0.1, 0.15) is 17.3 Å². The zero-order valence-electron chi connectivity index (χ0n) is 10.3. The van der Waals surface area contributed by atoms with Crippen molar-refractivity contribution in [3.05, 3.63) is 48.0 Å². The van der Waals surface area contributed by atoms with Crippen molar-refractivity contribution in [1.29, 1.82) is 0 Å². The number of hydrogen-bond acceptors (Lipinski definition) is 4. The van der Waals surface area contributed by atoms with Crippen molar-refractivity contribution in [1.82, 2.24) is 9.55 Å². The third-order valence-electron chi connectivity index (χ3n) is 2.83. The lowest BCUT2D eigenvalue weighted by Crippen LogP contribution is -2.18. The van der Waals surface area contributed by atoms with E-state index in [1.807, 2.05) is 28.8 Å². The minimum atomic E-state index is -0.397. The van der Waals surface area contributed by atoms with Gasteiger partial charge in [-0.05, 0) is 17.7 Å². The van der Waals surface area contributed by atoms with Gasteiger partial charge >= 0.3 is 0 Å². The molecule has 0 radical (unpaired) electrons. The van der Waals surface area contributed by atoms with Crippen LogP contribution in [0.5, 0.6) is 5.75 Å². The van der Waals surface area contributed by atoms with Crippen LogP contribution in [0.4, 0.5) is 0 Å². The van der Waals surface area contributed by atoms with E-state index < -0.39 is 6.04 Å². The van der Waals surface area contributed by atoms with Crippen molar-refractivity contribution in [2.75, 3.05) is 13.7 Å². The van der Waals surface area contributed by atoms with Crippen LogP contribution in [0.25, 0.3) is 0 Å². The summed E-state index contributed by atoms with van der Waals surface area (Å²) in [6.45, 7) is 0.585. The van der Waals surface area contributed by atoms with E-state index >= 15 is 0 Å². The van der Waals surface area contributed by atoms with Crippen molar-refractivity contribution in [2.24, 2.45) is 5.73 Å². The minimum absolute atomic E-state index is 0.0890. The summed E-state index contributed by atoms with van der Waals surface area (Å²) in [7, 11) is 1.64. The van der Waals surface area contributed by atoms with Crippen LogP contribution >= 0.6 is 0 Å². The van der Waals surface area contributed by atoms with E-state index in [1.54, 1.807) is 19.6 Å². The second-order valence-electron chi connectivity index (χ2n) is 4.08. The number of aliphatic hydroxyl groups is 1. The third kappa shape index (κ3) is 2.69. The summed E-state index contributed by atoms with van der Waals surface area (Å²) in [5.74, 6) is 0.830. The van der Waals surface area contributed by atoms with Crippen LogP contribution in [-0.2, 0) is 6.54 Å². The van der Waals surface area contributed by atoms with E-state index in [1.165, 1.54) is 0 Å². The molecule has 5 nitrogen and oxygen atoms in total. The van der Waals surface area contributed by atoms with Gasteiger partial charge in [-0.25, -0.2) is 4.98 Å². The van der Waals surface area contributed by atoms with Gasteiger partial charge in [-0.2, -0.15) is 0 Å². The molecule has 5 heteroatoms. The Hall–Kier alpha value is -1.85. The molecule has 0 aliphatic carbocycles. The average Bonchev–Trinajstić information content (AvgIpc) is 2.87. The zero-order valence-corrected chi connectivity index (χ0v) is 10.3. The summed E-state index contributed by atoms with van der Waals surface area (Å²) in [4.78, 5) is 4.07. The average molecular weight is 247 g/mol. The zero-order chi connectivity index (χ0) is 13.0. The fourth-order valence-corrected chi connectivity index (χ4v) is 1.79. The largest absolute Gasteiger partial charge is 0.497 e. The highest BCUT2D eigenvalue weighted by Crippen LogP contribution is 2.15. The Kier molecular flexibility index (Phi) is 3.96. The molecule has 1 aromatic carbocycles. The highest BCUT2D eigenvalue weighted by atomic mass is 16.5. The van der Waals surface area contributed by atoms with E-state index in [2.05, 4.69) is 4.98 Å². The number of nitrogens with zero attached hydrogens (tertiary/aromatic N) is 2. The fraction of sp³-hybridized carbons (Fsp3) is 0.308. The summed E-state index contributed by atoms with van der Waals surface area (Å²) >= 11 is 0. The Morgan fingerprint density at radius 3 is 2.72 bits per heavy atom. The maximum Gasteiger partial charge on any atom is 0.118 e. The summed E-state index contributed by atoms with van der Waals surface area (Å²) in [6, 6.07) is 7.42. The second kappa shape index (κ2) is 5.66. The van der Waals surface area contributed by atoms with Crippen molar-refractivity contribution in [2.45, 2.75) is 12.6 Å². The molecule has 1 heterocycles. The fourth-order valence-electron chi connectivity index (χ4n) is 1.79. The van der Waals surface area contributed by atoms with Gasteiger partial charge in [0.15, 0.2) is 0 Å². The first-order valence-electron chi connectivity index (χ1n) is 5.74. The summed E-state index contributed by atoms with van der Waals surface area (Å²) in [5, 5.41) is 9.08. The highest BCUT2D eigenvalue weighted by Gasteiger charge is 2.10. The maximum absolute atomic E-state index is 9.08. The number of imidazole rings is 1. The molecule has 0 fully saturated rings. The molecule has 2 aromatic rings. The number of benzene rings is 1. The van der Waals surface area contributed by atoms with Crippen LogP contribution in [0.2, 0.25) is 0 Å². The Bertz CT molecular complexity index is 493. The van der Waals surface area contributed by atoms with Crippen LogP contribution in [0, 0.1) is 0 Å². The first-order chi connectivity index (χ1) is 8.74. The molecule has 0 aliphatic heterocycles. The highest BCUT2D eigenvalue weighted by molar-refractivity contribution is 5.27. The lowest BCUT2D eigenvalue weighted by molar-refractivity contribution is 0.263. The Morgan fingerprint density at radius 2 is 2.11 bits per heavy atom. The summed E-state index contributed by atoms with van der Waals surface area (Å²) < 4.78 is 7.04. The standard InChI is InChI=1S/C13H17N3O2/c1-18-11-4-2-10(3-5-11)7-16-9-15-6-13(16)12(14)8-17/h2-6,9,12,17H,7-8,14H2,1H3. The number of hydrogen-bond donors (Lipinski definition) is 2. The Morgan fingerprint density at radius 1 is 1.39 bits per heavy atom. The van der Waals surface area contributed by atoms with Crippen molar-refractivity contribution >= 4 is 0 Å². The van der Waals surface area contributed by atoms with Gasteiger partial charge in [-0.3, -0.25) is 0 Å². The maximum atomic E-state index is 9.08. The van der Waals surface area contributed by atoms with Gasteiger partial charge in [0.05, 0.1) is 31.8 Å². The monoisotopic (exact) mass is 247 g/mol. The normalized spacial score (nSPS) is 12.4. The van der Waals surface area contributed by atoms with Crippen molar-refractivity contribution < 1.29 is 9.84 Å². The molecule has 0 saturated carbocycles. The number of nitrogens with two attached hydrogens (primary N) is 1. The molecule has 1 atom stereocenters. The first kappa shape index (κ1) is 12.6. The summed E-state index contributed by atoms with van der Waals surface area (Å²) in [5.41, 5.74) is 7.76. The van der Waals surface area contributed by atoms with Crippen LogP contribution < -0.4 is 10.5 Å². The van der Waals surface area contributed by atoms with Gasteiger partial charge in [0.1, 0.15) is 5.75 Å². The molecule has 0 saturated heterocycles. The number of ether oxygens (including phenoxy) is 1. The predicted octanol–water partition coefficient (Wildman–Crippen LogP) is 0.932. The third-order valence-corrected chi connectivity index (χ3v) is 2.83. The van der Waals surface area contributed by atoms with E-state index in [-0.39, 0.29) is 6.61 Å². The molecule has 18 heavy (non-hydrogen) atoms. The van der Waals surface area contributed by atoms with Crippen LogP contribution in [0.15, 0.2) is 36.8 Å². The molecule has 3 N–H and O–H groups in total. The van der Waals surface area contributed by atoms with Gasteiger partial charge in [0.25, 0.3) is 0 Å². The smallest absolute Gasteiger partial charge is 0.118 e. The van der Waals surface area contributed by atoms with E-state index in [0.29, 0.717) is 6.54 Å². The van der Waals surface area contributed by atoms with Gasteiger partial charge in [-0.1, -0.05) is 12.1 Å². The van der Waals surface area contributed by atoms with Crippen LogP contribution in [-0.4, -0.2) is 28.4 Å². The number of aromatic nitrogens is 2. The topological polar surface area (TPSA) is 73.3 Å². The molecular formula is C13H17N3O2. The molecule has 0 amide bonds. The van der Waals surface area contributed by atoms with Gasteiger partial charge in [0, 0.05) is 12.7 Å². The van der Waals surface area contributed by atoms with Crippen molar-refractivity contribution in [3.8, 4) is 5.75 Å². The number of aliphatic hydroxyl groups excluding tert-OH is 1. The molecule has 0 aliphatic rings. The van der Waals surface area contributed by atoms with E-state index in [9.17, 15) is 0 Å². The number of methoxy groups -OCH3 is 1. The van der Waals surface area contributed by atoms with Gasteiger partial charge in [0.2, 0.25) is 0 Å². The second-order valence-corrected chi connectivity index (χ2v) is 4.08. The molecule has 96 valence electrons. The lowest BCUT2D eigenvalue weighted by atomic mass is 10.2. The lowest BCUT2D eigenvalue weighted by Gasteiger charge is -2.12. The predicted molar refractivity (Wildman–Crippen MR) is 68.3 cm³/mol. The molecule has 1 unspecified atom stereocenters. The van der Waals surface area contributed by atoms with E-state index in [0.717, 1.165) is 17.0 Å². The minimum Gasteiger partial charge on any atom is -0.497 e. The quantitative estimate of drug-likeness (QED) is 0.824. The van der Waals surface area contributed by atoms with Crippen molar-refractivity contribution in [3.63, 3.8) is 0 Å². The molecule has 2 rings (SSSR count). The molecule has 0 spiro atoms. The van der Waals surface area contributed by atoms with Gasteiger partial charge < -0.3 is 20.1 Å². The SMILES string of the molecule is COc1ccc(Cn2cncc2C(N)CO)cc1. The molecule has 1 aromatic heterocycles. The first-order valence-corrected chi connectivity index (χ1v) is 5.74. The van der Waals surface area contributed by atoms with E-state index in [4.69, 9.17) is 15.6 Å². The molecular weight excluding hydrogens is 230 g/mol. The summed E-state index contributed by atoms with van der Waals surface area (Å²) in [6.07, 6.45) is 3.40. The van der Waals surface area contributed by atoms with Gasteiger partial charge in [-0.15, -0.1) is 0 Å².